The number of hydrogen-bond acceptors (Lipinski definition) is 2. The molecule has 2 nitrogen and oxygen atoms in total. The fraction of sp³-hybridized carbons (Fsp3) is 0.900. The maximum Gasteiger partial charge on any atom is 0.123 e. The summed E-state index contributed by atoms with van der Waals surface area (Å²) in [5.74, 6) is 0.914. The van der Waals surface area contributed by atoms with E-state index in [1.165, 1.54) is 0 Å². The van der Waals surface area contributed by atoms with Crippen LogP contribution in [0.3, 0.4) is 0 Å². The van der Waals surface area contributed by atoms with Crippen LogP contribution in [-0.4, -0.2) is 11.8 Å². The van der Waals surface area contributed by atoms with Gasteiger partial charge >= 0.3 is 0 Å². The van der Waals surface area contributed by atoms with Crippen molar-refractivity contribution in [3.8, 4) is 0 Å². The Balaban J connectivity index is 2.41. The van der Waals surface area contributed by atoms with Gasteiger partial charge in [0.15, 0.2) is 0 Å². The van der Waals surface area contributed by atoms with Gasteiger partial charge in [-0.2, -0.15) is 0 Å². The summed E-state index contributed by atoms with van der Waals surface area (Å²) in [6.07, 6.45) is 5.41. The van der Waals surface area contributed by atoms with Gasteiger partial charge in [-0.1, -0.05) is 0 Å². The summed E-state index contributed by atoms with van der Waals surface area (Å²) in [6.45, 7) is 4.16. The lowest BCUT2D eigenvalue weighted by atomic mass is 9.74. The highest BCUT2D eigenvalue weighted by molar-refractivity contribution is 5.53. The minimum Gasteiger partial charge on any atom is -0.325 e. The van der Waals surface area contributed by atoms with Gasteiger partial charge in [0, 0.05) is 11.5 Å². The van der Waals surface area contributed by atoms with E-state index in [0.29, 0.717) is 11.8 Å². The molecule has 0 bridgehead atoms. The summed E-state index contributed by atoms with van der Waals surface area (Å²) >= 11 is 0. The molecule has 0 aromatic carbocycles. The molecule has 1 fully saturated rings. The average molecular weight is 169 g/mol. The molecule has 1 aliphatic rings. The van der Waals surface area contributed by atoms with Crippen molar-refractivity contribution < 1.29 is 4.79 Å². The Morgan fingerprint density at radius 1 is 1.25 bits per heavy atom. The molecule has 0 aromatic rings. The minimum absolute atomic E-state index is 0.0617. The van der Waals surface area contributed by atoms with Crippen LogP contribution in [0.4, 0.5) is 0 Å². The zero-order valence-electron chi connectivity index (χ0n) is 8.05. The molecule has 0 heterocycles. The highest BCUT2D eigenvalue weighted by atomic mass is 16.1. The quantitative estimate of drug-likeness (QED) is 0.640. The number of carbonyl (C=O) groups is 1. The van der Waals surface area contributed by atoms with Gasteiger partial charge in [0.2, 0.25) is 0 Å². The largest absolute Gasteiger partial charge is 0.325 e. The van der Waals surface area contributed by atoms with Crippen molar-refractivity contribution >= 4 is 6.29 Å². The third kappa shape index (κ3) is 2.31. The van der Waals surface area contributed by atoms with Crippen molar-refractivity contribution in [2.45, 2.75) is 45.1 Å². The SMILES string of the molecule is CC(C)(N)C1CCC(C=O)CC1. The molecule has 0 aliphatic heterocycles. The lowest BCUT2D eigenvalue weighted by molar-refractivity contribution is -0.112. The molecule has 12 heavy (non-hydrogen) atoms. The predicted octanol–water partition coefficient (Wildman–Crippen LogP) is 1.73. The summed E-state index contributed by atoms with van der Waals surface area (Å²) in [7, 11) is 0. The van der Waals surface area contributed by atoms with Crippen LogP contribution in [0.1, 0.15) is 39.5 Å². The first-order valence-electron chi connectivity index (χ1n) is 4.78. The zero-order chi connectivity index (χ0) is 9.19. The first kappa shape index (κ1) is 9.72. The van der Waals surface area contributed by atoms with E-state index >= 15 is 0 Å². The Morgan fingerprint density at radius 3 is 2.08 bits per heavy atom. The maximum absolute atomic E-state index is 10.5. The highest BCUT2D eigenvalue weighted by Crippen LogP contribution is 2.33. The fourth-order valence-electron chi connectivity index (χ4n) is 2.00. The van der Waals surface area contributed by atoms with E-state index in [2.05, 4.69) is 13.8 Å². The van der Waals surface area contributed by atoms with Crippen molar-refractivity contribution in [1.29, 1.82) is 0 Å². The molecule has 1 rings (SSSR count). The van der Waals surface area contributed by atoms with E-state index < -0.39 is 0 Å². The van der Waals surface area contributed by atoms with Crippen LogP contribution in [0.15, 0.2) is 0 Å². The van der Waals surface area contributed by atoms with Crippen LogP contribution in [0, 0.1) is 11.8 Å². The molecule has 0 radical (unpaired) electrons. The number of hydrogen-bond donors (Lipinski definition) is 1. The maximum atomic E-state index is 10.5. The normalized spacial score (nSPS) is 31.6. The van der Waals surface area contributed by atoms with E-state index in [-0.39, 0.29) is 5.54 Å². The molecule has 1 aliphatic carbocycles. The molecule has 2 N–H and O–H groups in total. The van der Waals surface area contributed by atoms with Crippen molar-refractivity contribution in [1.82, 2.24) is 0 Å². The highest BCUT2D eigenvalue weighted by Gasteiger charge is 2.29. The Bertz CT molecular complexity index is 152. The molecule has 70 valence electrons. The Hall–Kier alpha value is -0.370. The molecule has 0 saturated heterocycles. The first-order chi connectivity index (χ1) is 5.54. The molecular weight excluding hydrogens is 150 g/mol. The van der Waals surface area contributed by atoms with Crippen molar-refractivity contribution in [2.75, 3.05) is 0 Å². The van der Waals surface area contributed by atoms with Gasteiger partial charge in [0.25, 0.3) is 0 Å². The van der Waals surface area contributed by atoms with Crippen molar-refractivity contribution in [3.63, 3.8) is 0 Å². The number of carbonyl (C=O) groups excluding carboxylic acids is 1. The molecule has 0 aromatic heterocycles. The third-order valence-electron chi connectivity index (χ3n) is 3.02. The molecule has 0 spiro atoms. The Kier molecular flexibility index (Phi) is 2.89. The van der Waals surface area contributed by atoms with Crippen molar-refractivity contribution in [2.24, 2.45) is 17.6 Å². The van der Waals surface area contributed by atoms with E-state index in [1.807, 2.05) is 0 Å². The molecule has 0 atom stereocenters. The van der Waals surface area contributed by atoms with Gasteiger partial charge in [-0.05, 0) is 45.4 Å². The van der Waals surface area contributed by atoms with E-state index in [1.54, 1.807) is 0 Å². The molecule has 0 amide bonds. The summed E-state index contributed by atoms with van der Waals surface area (Å²) < 4.78 is 0. The molecule has 1 saturated carbocycles. The van der Waals surface area contributed by atoms with E-state index in [9.17, 15) is 4.79 Å². The summed E-state index contributed by atoms with van der Waals surface area (Å²) in [5, 5.41) is 0. The van der Waals surface area contributed by atoms with Crippen LogP contribution < -0.4 is 5.73 Å². The summed E-state index contributed by atoms with van der Waals surface area (Å²) in [5.41, 5.74) is 5.95. The van der Waals surface area contributed by atoms with Gasteiger partial charge in [0.05, 0.1) is 0 Å². The van der Waals surface area contributed by atoms with Crippen LogP contribution >= 0.6 is 0 Å². The van der Waals surface area contributed by atoms with Gasteiger partial charge in [0.1, 0.15) is 6.29 Å². The number of nitrogens with two attached hydrogens (primary N) is 1. The lowest BCUT2D eigenvalue weighted by Gasteiger charge is -2.35. The van der Waals surface area contributed by atoms with Crippen LogP contribution in [-0.2, 0) is 4.79 Å². The Labute approximate surface area is 74.5 Å². The third-order valence-corrected chi connectivity index (χ3v) is 3.02. The topological polar surface area (TPSA) is 43.1 Å². The number of rotatable bonds is 2. The van der Waals surface area contributed by atoms with Gasteiger partial charge in [-0.3, -0.25) is 0 Å². The van der Waals surface area contributed by atoms with Crippen molar-refractivity contribution in [3.05, 3.63) is 0 Å². The van der Waals surface area contributed by atoms with E-state index in [4.69, 9.17) is 5.73 Å². The van der Waals surface area contributed by atoms with Crippen LogP contribution in [0.2, 0.25) is 0 Å². The smallest absolute Gasteiger partial charge is 0.123 e. The van der Waals surface area contributed by atoms with Gasteiger partial charge in [-0.15, -0.1) is 0 Å². The fourth-order valence-corrected chi connectivity index (χ4v) is 2.00. The molecule has 0 unspecified atom stereocenters. The zero-order valence-corrected chi connectivity index (χ0v) is 8.05. The number of aldehydes is 1. The van der Waals surface area contributed by atoms with Gasteiger partial charge < -0.3 is 10.5 Å². The Morgan fingerprint density at radius 2 is 1.75 bits per heavy atom. The summed E-state index contributed by atoms with van der Waals surface area (Å²) in [6, 6.07) is 0. The molecule has 2 heteroatoms. The summed E-state index contributed by atoms with van der Waals surface area (Å²) in [4.78, 5) is 10.5. The predicted molar refractivity (Wildman–Crippen MR) is 49.8 cm³/mol. The average Bonchev–Trinajstić information content (AvgIpc) is 2.03. The van der Waals surface area contributed by atoms with Crippen LogP contribution in [0.25, 0.3) is 0 Å². The molecular formula is C10H19NO. The van der Waals surface area contributed by atoms with E-state index in [0.717, 1.165) is 32.0 Å². The second-order valence-electron chi connectivity index (χ2n) is 4.57. The lowest BCUT2D eigenvalue weighted by Crippen LogP contribution is -2.42. The standard InChI is InChI=1S/C10H19NO/c1-10(2,11)9-5-3-8(7-12)4-6-9/h7-9H,3-6,11H2,1-2H3. The first-order valence-corrected chi connectivity index (χ1v) is 4.78. The van der Waals surface area contributed by atoms with Crippen LogP contribution in [0.5, 0.6) is 0 Å². The monoisotopic (exact) mass is 169 g/mol. The second kappa shape index (κ2) is 3.56. The second-order valence-corrected chi connectivity index (χ2v) is 4.57. The minimum atomic E-state index is -0.0617. The van der Waals surface area contributed by atoms with Gasteiger partial charge in [-0.25, -0.2) is 0 Å².